The fourth-order valence-electron chi connectivity index (χ4n) is 2.68. The number of anilines is 2. The van der Waals surface area contributed by atoms with Gasteiger partial charge in [0.05, 0.1) is 7.11 Å². The van der Waals surface area contributed by atoms with E-state index in [1.54, 1.807) is 7.11 Å². The van der Waals surface area contributed by atoms with Crippen molar-refractivity contribution in [1.29, 1.82) is 0 Å². The van der Waals surface area contributed by atoms with Crippen molar-refractivity contribution in [3.63, 3.8) is 0 Å². The highest BCUT2D eigenvalue weighted by molar-refractivity contribution is 5.36. The summed E-state index contributed by atoms with van der Waals surface area (Å²) < 4.78 is 5.14. The van der Waals surface area contributed by atoms with Crippen molar-refractivity contribution in [3.05, 3.63) is 0 Å². The maximum absolute atomic E-state index is 5.14. The third-order valence-electron chi connectivity index (χ3n) is 4.26. The number of nitrogens with one attached hydrogen (secondary N) is 2. The molecule has 1 aromatic heterocycles. The Morgan fingerprint density at radius 2 is 1.85 bits per heavy atom. The second-order valence-corrected chi connectivity index (χ2v) is 5.89. The van der Waals surface area contributed by atoms with Crippen LogP contribution in [0.15, 0.2) is 0 Å². The molecule has 2 fully saturated rings. The molecule has 0 amide bonds. The van der Waals surface area contributed by atoms with Gasteiger partial charge in [-0.1, -0.05) is 6.92 Å². The molecule has 1 heterocycles. The lowest BCUT2D eigenvalue weighted by molar-refractivity contribution is 0.379. The molecule has 20 heavy (non-hydrogen) atoms. The molecule has 6 nitrogen and oxygen atoms in total. The number of hydrogen-bond acceptors (Lipinski definition) is 6. The maximum atomic E-state index is 5.14. The predicted octanol–water partition coefficient (Wildman–Crippen LogP) is 2.30. The van der Waals surface area contributed by atoms with Crippen LogP contribution in [-0.2, 0) is 0 Å². The van der Waals surface area contributed by atoms with Gasteiger partial charge in [0.2, 0.25) is 11.9 Å². The first kappa shape index (κ1) is 13.4. The number of rotatable bonds is 8. The fourth-order valence-corrected chi connectivity index (χ4v) is 2.68. The van der Waals surface area contributed by atoms with E-state index in [-0.39, 0.29) is 0 Å². The van der Waals surface area contributed by atoms with E-state index in [1.165, 1.54) is 25.7 Å². The first-order valence-electron chi connectivity index (χ1n) is 7.53. The minimum atomic E-state index is 0.359. The molecular formula is C14H23N5O. The lowest BCUT2D eigenvalue weighted by Crippen LogP contribution is -2.19. The predicted molar refractivity (Wildman–Crippen MR) is 78.0 cm³/mol. The smallest absolute Gasteiger partial charge is 0.322 e. The molecule has 0 spiro atoms. The van der Waals surface area contributed by atoms with Crippen LogP contribution >= 0.6 is 0 Å². The van der Waals surface area contributed by atoms with Crippen molar-refractivity contribution in [2.45, 2.75) is 39.0 Å². The summed E-state index contributed by atoms with van der Waals surface area (Å²) in [7, 11) is 1.58. The summed E-state index contributed by atoms with van der Waals surface area (Å²) in [6.07, 6.45) is 6.50. The van der Waals surface area contributed by atoms with Crippen molar-refractivity contribution >= 4 is 11.9 Å². The topological polar surface area (TPSA) is 72.0 Å². The third-order valence-corrected chi connectivity index (χ3v) is 4.26. The molecule has 0 aromatic carbocycles. The van der Waals surface area contributed by atoms with Crippen molar-refractivity contribution in [2.75, 3.05) is 30.8 Å². The van der Waals surface area contributed by atoms with Crippen molar-refractivity contribution in [2.24, 2.45) is 11.3 Å². The molecule has 0 saturated heterocycles. The minimum absolute atomic E-state index is 0.359. The number of ether oxygens (including phenoxy) is 1. The highest BCUT2D eigenvalue weighted by atomic mass is 16.5. The molecule has 0 atom stereocenters. The molecule has 110 valence electrons. The number of methoxy groups -OCH3 is 1. The third kappa shape index (κ3) is 2.94. The van der Waals surface area contributed by atoms with Gasteiger partial charge in [-0.3, -0.25) is 0 Å². The Bertz CT molecular complexity index is 471. The molecule has 0 unspecified atom stereocenters. The molecule has 3 rings (SSSR count). The zero-order chi connectivity index (χ0) is 14.0. The van der Waals surface area contributed by atoms with E-state index in [9.17, 15) is 0 Å². The highest BCUT2D eigenvalue weighted by Crippen LogP contribution is 2.61. The van der Waals surface area contributed by atoms with E-state index in [1.807, 2.05) is 0 Å². The molecule has 6 heteroatoms. The summed E-state index contributed by atoms with van der Waals surface area (Å²) >= 11 is 0. The summed E-state index contributed by atoms with van der Waals surface area (Å²) in [5.41, 5.74) is 0.525. The first-order valence-corrected chi connectivity index (χ1v) is 7.53. The molecular weight excluding hydrogens is 254 g/mol. The molecule has 0 aliphatic heterocycles. The van der Waals surface area contributed by atoms with E-state index in [2.05, 4.69) is 32.5 Å². The zero-order valence-corrected chi connectivity index (χ0v) is 12.3. The number of nitrogens with zero attached hydrogens (tertiary/aromatic N) is 3. The van der Waals surface area contributed by atoms with E-state index in [0.29, 0.717) is 23.3 Å². The van der Waals surface area contributed by atoms with Gasteiger partial charge in [0, 0.05) is 13.1 Å². The minimum Gasteiger partial charge on any atom is -0.467 e. The summed E-state index contributed by atoms with van der Waals surface area (Å²) in [5.74, 6) is 2.12. The normalized spacial score (nSPS) is 19.5. The largest absolute Gasteiger partial charge is 0.467 e. The molecule has 0 bridgehead atoms. The van der Waals surface area contributed by atoms with E-state index in [0.717, 1.165) is 25.4 Å². The standard InChI is InChI=1S/C14H23N5O/c1-3-8-15-11-17-12(19-13(18-11)20-2)16-9-14(6-7-14)10-4-5-10/h10H,3-9H2,1-2H3,(H2,15,16,17,18,19). The second-order valence-electron chi connectivity index (χ2n) is 5.89. The Morgan fingerprint density at radius 1 is 1.15 bits per heavy atom. The Labute approximate surface area is 119 Å². The molecule has 2 N–H and O–H groups in total. The molecule has 2 aliphatic rings. The Morgan fingerprint density at radius 3 is 2.40 bits per heavy atom. The lowest BCUT2D eigenvalue weighted by Gasteiger charge is -2.15. The average Bonchev–Trinajstić information content (AvgIpc) is 3.35. The van der Waals surface area contributed by atoms with Gasteiger partial charge in [0.1, 0.15) is 0 Å². The summed E-state index contributed by atoms with van der Waals surface area (Å²) in [4.78, 5) is 12.9. The van der Waals surface area contributed by atoms with Gasteiger partial charge in [-0.25, -0.2) is 0 Å². The maximum Gasteiger partial charge on any atom is 0.322 e. The summed E-state index contributed by atoms with van der Waals surface area (Å²) in [6.45, 7) is 3.92. The fraction of sp³-hybridized carbons (Fsp3) is 0.786. The van der Waals surface area contributed by atoms with Crippen LogP contribution < -0.4 is 15.4 Å². The van der Waals surface area contributed by atoms with Gasteiger partial charge < -0.3 is 15.4 Å². The summed E-state index contributed by atoms with van der Waals surface area (Å²) in [5, 5.41) is 6.55. The van der Waals surface area contributed by atoms with E-state index < -0.39 is 0 Å². The van der Waals surface area contributed by atoms with Crippen LogP contribution in [0, 0.1) is 11.3 Å². The Balaban J connectivity index is 1.64. The van der Waals surface area contributed by atoms with Crippen molar-refractivity contribution in [1.82, 2.24) is 15.0 Å². The van der Waals surface area contributed by atoms with Crippen LogP contribution in [-0.4, -0.2) is 35.2 Å². The summed E-state index contributed by atoms with van der Waals surface area (Å²) in [6, 6.07) is 0.359. The van der Waals surface area contributed by atoms with Crippen LogP contribution in [0.1, 0.15) is 39.0 Å². The molecule has 2 aliphatic carbocycles. The zero-order valence-electron chi connectivity index (χ0n) is 12.3. The first-order chi connectivity index (χ1) is 9.75. The van der Waals surface area contributed by atoms with Crippen LogP contribution in [0.25, 0.3) is 0 Å². The monoisotopic (exact) mass is 277 g/mol. The van der Waals surface area contributed by atoms with Gasteiger partial charge in [0.15, 0.2) is 0 Å². The molecule has 1 aromatic rings. The second kappa shape index (κ2) is 5.42. The Hall–Kier alpha value is -1.59. The molecule has 2 saturated carbocycles. The van der Waals surface area contributed by atoms with Gasteiger partial charge >= 0.3 is 6.01 Å². The van der Waals surface area contributed by atoms with Crippen LogP contribution in [0.5, 0.6) is 6.01 Å². The van der Waals surface area contributed by atoms with Crippen LogP contribution in [0.3, 0.4) is 0 Å². The van der Waals surface area contributed by atoms with E-state index >= 15 is 0 Å². The van der Waals surface area contributed by atoms with Gasteiger partial charge in [0.25, 0.3) is 0 Å². The van der Waals surface area contributed by atoms with Crippen molar-refractivity contribution in [3.8, 4) is 6.01 Å². The van der Waals surface area contributed by atoms with Gasteiger partial charge in [-0.15, -0.1) is 0 Å². The average molecular weight is 277 g/mol. The number of hydrogen-bond donors (Lipinski definition) is 2. The van der Waals surface area contributed by atoms with Gasteiger partial charge in [-0.2, -0.15) is 15.0 Å². The quantitative estimate of drug-likeness (QED) is 0.759. The number of aromatic nitrogens is 3. The molecule has 0 radical (unpaired) electrons. The van der Waals surface area contributed by atoms with Crippen LogP contribution in [0.4, 0.5) is 11.9 Å². The lowest BCUT2D eigenvalue weighted by atomic mass is 10.0. The van der Waals surface area contributed by atoms with Crippen LogP contribution in [0.2, 0.25) is 0 Å². The Kier molecular flexibility index (Phi) is 3.63. The van der Waals surface area contributed by atoms with Crippen molar-refractivity contribution < 1.29 is 4.74 Å². The SMILES string of the molecule is CCCNc1nc(NCC2(C3CC3)CC2)nc(OC)n1. The highest BCUT2D eigenvalue weighted by Gasteiger charge is 2.53. The van der Waals surface area contributed by atoms with E-state index in [4.69, 9.17) is 4.74 Å². The van der Waals surface area contributed by atoms with Gasteiger partial charge in [-0.05, 0) is 43.4 Å².